The van der Waals surface area contributed by atoms with E-state index in [0.717, 1.165) is 8.04 Å². The highest BCUT2D eigenvalue weighted by molar-refractivity contribution is 14.1. The number of anilines is 1. The molecule has 0 radical (unpaired) electrons. The van der Waals surface area contributed by atoms with Gasteiger partial charge in [-0.1, -0.05) is 0 Å². The molecule has 0 atom stereocenters. The number of benzene rings is 1. The maximum atomic E-state index is 8.61. The Morgan fingerprint density at radius 3 is 2.73 bits per heavy atom. The third-order valence-corrected chi connectivity index (χ3v) is 2.79. The number of hydrogen-bond donors (Lipinski definition) is 1. The van der Waals surface area contributed by atoms with E-state index in [-0.39, 0.29) is 0 Å². The monoisotopic (exact) mass is 322 g/mol. The van der Waals surface area contributed by atoms with Crippen LogP contribution in [0.2, 0.25) is 0 Å². The molecular weight excluding hydrogens is 319 g/mol. The summed E-state index contributed by atoms with van der Waals surface area (Å²) in [6, 6.07) is 5.54. The minimum atomic E-state index is 0.599. The third kappa shape index (κ3) is 1.84. The molecule has 0 aliphatic rings. The lowest BCUT2D eigenvalue weighted by molar-refractivity contribution is 1.45. The summed E-state index contributed by atoms with van der Waals surface area (Å²) in [6.07, 6.45) is 0. The van der Waals surface area contributed by atoms with Gasteiger partial charge in [0.2, 0.25) is 0 Å². The molecule has 0 amide bonds. The van der Waals surface area contributed by atoms with Crippen LogP contribution in [0, 0.1) is 14.9 Å². The summed E-state index contributed by atoms with van der Waals surface area (Å²) in [5.74, 6) is 0. The van der Waals surface area contributed by atoms with E-state index < -0.39 is 0 Å². The van der Waals surface area contributed by atoms with Gasteiger partial charge in [0.1, 0.15) is 6.07 Å². The number of hydrogen-bond acceptors (Lipinski definition) is 2. The molecule has 1 rings (SSSR count). The van der Waals surface area contributed by atoms with Gasteiger partial charge < -0.3 is 5.73 Å². The van der Waals surface area contributed by atoms with Crippen molar-refractivity contribution in [3.63, 3.8) is 0 Å². The van der Waals surface area contributed by atoms with Crippen molar-refractivity contribution in [3.05, 3.63) is 25.7 Å². The van der Waals surface area contributed by atoms with Crippen LogP contribution in [0.15, 0.2) is 16.6 Å². The molecule has 0 aromatic heterocycles. The summed E-state index contributed by atoms with van der Waals surface area (Å²) in [5.41, 5.74) is 6.78. The van der Waals surface area contributed by atoms with Crippen molar-refractivity contribution in [1.29, 1.82) is 5.26 Å². The number of nitrogen functional groups attached to an aromatic ring is 1. The van der Waals surface area contributed by atoms with Gasteiger partial charge in [-0.15, -0.1) is 0 Å². The molecule has 0 spiro atoms. The number of nitrogens with zero attached hydrogens (tertiary/aromatic N) is 1. The summed E-state index contributed by atoms with van der Waals surface area (Å²) in [5, 5.41) is 8.61. The first-order valence-corrected chi connectivity index (χ1v) is 4.67. The molecule has 0 aliphatic heterocycles. The predicted octanol–water partition coefficient (Wildman–Crippen LogP) is 2.51. The highest BCUT2D eigenvalue weighted by atomic mass is 127. The van der Waals surface area contributed by atoms with Crippen LogP contribution in [0.3, 0.4) is 0 Å². The molecule has 56 valence electrons. The molecule has 0 saturated heterocycles. The van der Waals surface area contributed by atoms with Crippen LogP contribution in [0.25, 0.3) is 0 Å². The Labute approximate surface area is 86.7 Å². The zero-order valence-electron chi connectivity index (χ0n) is 5.44. The maximum Gasteiger partial charge on any atom is 0.100 e. The first-order valence-electron chi connectivity index (χ1n) is 2.79. The van der Waals surface area contributed by atoms with Crippen LogP contribution < -0.4 is 5.73 Å². The highest BCUT2D eigenvalue weighted by Crippen LogP contribution is 2.24. The second kappa shape index (κ2) is 3.41. The fourth-order valence-electron chi connectivity index (χ4n) is 0.651. The lowest BCUT2D eigenvalue weighted by Gasteiger charge is -1.99. The molecule has 1 aromatic rings. The summed E-state index contributed by atoms with van der Waals surface area (Å²) in [4.78, 5) is 0. The van der Waals surface area contributed by atoms with Gasteiger partial charge in [0.25, 0.3) is 0 Å². The minimum Gasteiger partial charge on any atom is -0.398 e. The molecule has 0 heterocycles. The van der Waals surface area contributed by atoms with Crippen LogP contribution in [0.5, 0.6) is 0 Å². The Balaban J connectivity index is 3.35. The van der Waals surface area contributed by atoms with Gasteiger partial charge in [-0.2, -0.15) is 5.26 Å². The molecule has 0 bridgehead atoms. The maximum absolute atomic E-state index is 8.61. The molecule has 2 nitrogen and oxygen atoms in total. The van der Waals surface area contributed by atoms with Gasteiger partial charge in [-0.25, -0.2) is 0 Å². The molecular formula is C7H4BrIN2. The number of halogens is 2. The standard InChI is InChI=1S/C7H4BrIN2/c8-5-2-6(9)4(3-10)1-7(5)11/h1-2H,11H2. The van der Waals surface area contributed by atoms with Gasteiger partial charge in [0.05, 0.1) is 5.56 Å². The summed E-state index contributed by atoms with van der Waals surface area (Å²) in [7, 11) is 0. The van der Waals surface area contributed by atoms with E-state index in [4.69, 9.17) is 11.0 Å². The van der Waals surface area contributed by atoms with Crippen LogP contribution >= 0.6 is 38.5 Å². The van der Waals surface area contributed by atoms with Crippen molar-refractivity contribution < 1.29 is 0 Å². The topological polar surface area (TPSA) is 49.8 Å². The zero-order valence-corrected chi connectivity index (χ0v) is 9.18. The van der Waals surface area contributed by atoms with Crippen molar-refractivity contribution in [2.45, 2.75) is 0 Å². The molecule has 0 fully saturated rings. The van der Waals surface area contributed by atoms with Crippen molar-refractivity contribution >= 4 is 44.2 Å². The minimum absolute atomic E-state index is 0.599. The Morgan fingerprint density at radius 1 is 1.55 bits per heavy atom. The first-order chi connectivity index (χ1) is 5.15. The van der Waals surface area contributed by atoms with E-state index in [0.29, 0.717) is 11.3 Å². The number of nitriles is 1. The van der Waals surface area contributed by atoms with E-state index >= 15 is 0 Å². The predicted molar refractivity (Wildman–Crippen MR) is 56.0 cm³/mol. The van der Waals surface area contributed by atoms with Gasteiger partial charge in [-0.05, 0) is 50.7 Å². The summed E-state index contributed by atoms with van der Waals surface area (Å²) < 4.78 is 1.74. The molecule has 1 aromatic carbocycles. The van der Waals surface area contributed by atoms with Crippen molar-refractivity contribution in [2.75, 3.05) is 5.73 Å². The Morgan fingerprint density at radius 2 is 2.18 bits per heavy atom. The van der Waals surface area contributed by atoms with E-state index in [1.54, 1.807) is 6.07 Å². The summed E-state index contributed by atoms with van der Waals surface area (Å²) >= 11 is 5.36. The number of nitrogens with two attached hydrogens (primary N) is 1. The highest BCUT2D eigenvalue weighted by Gasteiger charge is 2.02. The molecule has 0 aliphatic carbocycles. The average Bonchev–Trinajstić information content (AvgIpc) is 1.97. The van der Waals surface area contributed by atoms with E-state index in [1.807, 2.05) is 6.07 Å². The smallest absolute Gasteiger partial charge is 0.100 e. The fourth-order valence-corrected chi connectivity index (χ4v) is 2.01. The molecule has 4 heteroatoms. The van der Waals surface area contributed by atoms with Crippen LogP contribution in [0.1, 0.15) is 5.56 Å². The third-order valence-electron chi connectivity index (χ3n) is 1.21. The van der Waals surface area contributed by atoms with Gasteiger partial charge in [0.15, 0.2) is 0 Å². The molecule has 0 saturated carbocycles. The first kappa shape index (κ1) is 8.81. The Bertz CT molecular complexity index is 330. The van der Waals surface area contributed by atoms with Crippen LogP contribution in [0.4, 0.5) is 5.69 Å². The quantitative estimate of drug-likeness (QED) is 0.589. The van der Waals surface area contributed by atoms with Gasteiger partial charge in [-0.3, -0.25) is 0 Å². The molecule has 11 heavy (non-hydrogen) atoms. The second-order valence-electron chi connectivity index (χ2n) is 1.97. The fraction of sp³-hybridized carbons (Fsp3) is 0. The largest absolute Gasteiger partial charge is 0.398 e. The van der Waals surface area contributed by atoms with Crippen molar-refractivity contribution in [2.24, 2.45) is 0 Å². The normalized spacial score (nSPS) is 9.18. The second-order valence-corrected chi connectivity index (χ2v) is 3.98. The molecule has 2 N–H and O–H groups in total. The van der Waals surface area contributed by atoms with E-state index in [2.05, 4.69) is 44.6 Å². The van der Waals surface area contributed by atoms with Crippen molar-refractivity contribution in [3.8, 4) is 6.07 Å². The summed E-state index contributed by atoms with van der Waals surface area (Å²) in [6.45, 7) is 0. The van der Waals surface area contributed by atoms with E-state index in [1.165, 1.54) is 0 Å². The van der Waals surface area contributed by atoms with Gasteiger partial charge in [0, 0.05) is 13.7 Å². The van der Waals surface area contributed by atoms with Gasteiger partial charge >= 0.3 is 0 Å². The number of rotatable bonds is 0. The van der Waals surface area contributed by atoms with Crippen LogP contribution in [-0.2, 0) is 0 Å². The Kier molecular flexibility index (Phi) is 2.73. The van der Waals surface area contributed by atoms with E-state index in [9.17, 15) is 0 Å². The SMILES string of the molecule is N#Cc1cc(N)c(Br)cc1I. The average molecular weight is 323 g/mol. The molecule has 0 unspecified atom stereocenters. The Hall–Kier alpha value is -0.280. The lowest BCUT2D eigenvalue weighted by Crippen LogP contribution is -1.90. The zero-order chi connectivity index (χ0) is 8.43. The lowest BCUT2D eigenvalue weighted by atomic mass is 10.2. The van der Waals surface area contributed by atoms with Crippen LogP contribution in [-0.4, -0.2) is 0 Å². The van der Waals surface area contributed by atoms with Crippen molar-refractivity contribution in [1.82, 2.24) is 0 Å².